The predicted octanol–water partition coefficient (Wildman–Crippen LogP) is 1.25. The molecule has 2 aromatic rings. The zero-order chi connectivity index (χ0) is 16.7. The van der Waals surface area contributed by atoms with E-state index < -0.39 is 0 Å². The first-order valence-corrected chi connectivity index (χ1v) is 7.11. The lowest BCUT2D eigenvalue weighted by atomic mass is 10.3. The maximum absolute atomic E-state index is 11.8. The average molecular weight is 316 g/mol. The topological polar surface area (TPSA) is 76.6 Å². The highest BCUT2D eigenvalue weighted by atomic mass is 16.5. The molecule has 0 aliphatic carbocycles. The lowest BCUT2D eigenvalue weighted by Crippen LogP contribution is -2.29. The third-order valence-corrected chi connectivity index (χ3v) is 3.02. The summed E-state index contributed by atoms with van der Waals surface area (Å²) in [6, 6.07) is 8.84. The second kappa shape index (κ2) is 7.98. The third-order valence-electron chi connectivity index (χ3n) is 3.02. The second-order valence-electron chi connectivity index (χ2n) is 4.97. The van der Waals surface area contributed by atoms with Crippen molar-refractivity contribution in [2.24, 2.45) is 0 Å². The Morgan fingerprint density at radius 1 is 1.17 bits per heavy atom. The first kappa shape index (κ1) is 16.5. The van der Waals surface area contributed by atoms with Gasteiger partial charge in [-0.2, -0.15) is 0 Å². The fourth-order valence-electron chi connectivity index (χ4n) is 1.77. The van der Waals surface area contributed by atoms with Crippen LogP contribution in [0.5, 0.6) is 11.5 Å². The van der Waals surface area contributed by atoms with Crippen LogP contribution in [0.4, 0.5) is 5.82 Å². The lowest BCUT2D eigenvalue weighted by Gasteiger charge is -2.12. The lowest BCUT2D eigenvalue weighted by molar-refractivity contribution is -0.123. The molecule has 1 heterocycles. The van der Waals surface area contributed by atoms with E-state index in [1.54, 1.807) is 43.6 Å². The highest BCUT2D eigenvalue weighted by Crippen LogP contribution is 2.16. The van der Waals surface area contributed by atoms with Gasteiger partial charge in [-0.3, -0.25) is 4.79 Å². The van der Waals surface area contributed by atoms with Gasteiger partial charge in [-0.25, -0.2) is 9.97 Å². The van der Waals surface area contributed by atoms with Gasteiger partial charge in [0.15, 0.2) is 6.61 Å². The van der Waals surface area contributed by atoms with Gasteiger partial charge < -0.3 is 19.7 Å². The maximum atomic E-state index is 11.8. The molecule has 2 rings (SSSR count). The van der Waals surface area contributed by atoms with E-state index in [-0.39, 0.29) is 19.1 Å². The van der Waals surface area contributed by atoms with Crippen molar-refractivity contribution in [2.45, 2.75) is 6.54 Å². The second-order valence-corrected chi connectivity index (χ2v) is 4.97. The van der Waals surface area contributed by atoms with Crippen LogP contribution in [0.2, 0.25) is 0 Å². The van der Waals surface area contributed by atoms with Crippen molar-refractivity contribution < 1.29 is 14.3 Å². The van der Waals surface area contributed by atoms with Crippen LogP contribution in [0.25, 0.3) is 0 Å². The van der Waals surface area contributed by atoms with Gasteiger partial charge in [0.05, 0.1) is 13.7 Å². The third kappa shape index (κ3) is 5.14. The first-order chi connectivity index (χ1) is 11.1. The molecule has 0 saturated heterocycles. The van der Waals surface area contributed by atoms with Crippen molar-refractivity contribution in [3.63, 3.8) is 0 Å². The molecule has 1 N–H and O–H groups in total. The Morgan fingerprint density at radius 2 is 1.87 bits per heavy atom. The van der Waals surface area contributed by atoms with Crippen molar-refractivity contribution in [1.82, 2.24) is 15.3 Å². The fraction of sp³-hybridized carbons (Fsp3) is 0.312. The van der Waals surface area contributed by atoms with Crippen LogP contribution in [-0.2, 0) is 11.3 Å². The quantitative estimate of drug-likeness (QED) is 0.828. The number of nitrogens with one attached hydrogen (secondary N) is 1. The Bertz CT molecular complexity index is 644. The van der Waals surface area contributed by atoms with Gasteiger partial charge in [0.1, 0.15) is 23.1 Å². The van der Waals surface area contributed by atoms with E-state index >= 15 is 0 Å². The molecule has 1 aromatic heterocycles. The molecule has 1 aromatic carbocycles. The summed E-state index contributed by atoms with van der Waals surface area (Å²) >= 11 is 0. The van der Waals surface area contributed by atoms with Crippen LogP contribution >= 0.6 is 0 Å². The number of rotatable bonds is 7. The Labute approximate surface area is 135 Å². The van der Waals surface area contributed by atoms with Gasteiger partial charge in [0.25, 0.3) is 5.91 Å². The number of benzene rings is 1. The standard InChI is InChI=1S/C16H20N4O3/c1-20(2)15-8-9-17-14(19-15)10-18-16(21)11-23-13-6-4-12(22-3)5-7-13/h4-9H,10-11H2,1-3H3,(H,18,21). The number of amides is 1. The molecule has 0 saturated carbocycles. The van der Waals surface area contributed by atoms with Crippen molar-refractivity contribution in [2.75, 3.05) is 32.7 Å². The van der Waals surface area contributed by atoms with Crippen molar-refractivity contribution in [3.8, 4) is 11.5 Å². The van der Waals surface area contributed by atoms with Crippen molar-refractivity contribution in [3.05, 3.63) is 42.4 Å². The molecular formula is C16H20N4O3. The molecule has 7 heteroatoms. The molecule has 23 heavy (non-hydrogen) atoms. The molecule has 0 radical (unpaired) electrons. The van der Waals surface area contributed by atoms with Gasteiger partial charge in [-0.1, -0.05) is 0 Å². The number of aromatic nitrogens is 2. The molecule has 0 fully saturated rings. The molecule has 1 amide bonds. The summed E-state index contributed by atoms with van der Waals surface area (Å²) in [4.78, 5) is 22.1. The van der Waals surface area contributed by atoms with Crippen LogP contribution in [0.1, 0.15) is 5.82 Å². The number of nitrogens with zero attached hydrogens (tertiary/aromatic N) is 3. The molecule has 7 nitrogen and oxygen atoms in total. The molecule has 0 aliphatic heterocycles. The summed E-state index contributed by atoms with van der Waals surface area (Å²) < 4.78 is 10.5. The van der Waals surface area contributed by atoms with Crippen LogP contribution < -0.4 is 19.7 Å². The monoisotopic (exact) mass is 316 g/mol. The van der Waals surface area contributed by atoms with Gasteiger partial charge >= 0.3 is 0 Å². The molecule has 0 spiro atoms. The fourth-order valence-corrected chi connectivity index (χ4v) is 1.77. The van der Waals surface area contributed by atoms with Gasteiger partial charge in [0.2, 0.25) is 0 Å². The number of ether oxygens (including phenoxy) is 2. The zero-order valence-electron chi connectivity index (χ0n) is 13.4. The highest BCUT2D eigenvalue weighted by Gasteiger charge is 2.06. The number of carbonyl (C=O) groups is 1. The van der Waals surface area contributed by atoms with E-state index in [9.17, 15) is 4.79 Å². The number of hydrogen-bond donors (Lipinski definition) is 1. The first-order valence-electron chi connectivity index (χ1n) is 7.11. The summed E-state index contributed by atoms with van der Waals surface area (Å²) in [6.45, 7) is 0.187. The van der Waals surface area contributed by atoms with E-state index in [4.69, 9.17) is 9.47 Å². The molecule has 0 unspecified atom stereocenters. The van der Waals surface area contributed by atoms with Crippen LogP contribution in [0.15, 0.2) is 36.5 Å². The Kier molecular flexibility index (Phi) is 5.74. The van der Waals surface area contributed by atoms with E-state index in [0.29, 0.717) is 11.6 Å². The zero-order valence-corrected chi connectivity index (χ0v) is 13.4. The number of methoxy groups -OCH3 is 1. The van der Waals surface area contributed by atoms with Gasteiger partial charge in [0, 0.05) is 20.3 Å². The van der Waals surface area contributed by atoms with E-state index in [1.165, 1.54) is 0 Å². The van der Waals surface area contributed by atoms with Crippen LogP contribution in [0.3, 0.4) is 0 Å². The Hall–Kier alpha value is -2.83. The molecular weight excluding hydrogens is 296 g/mol. The van der Waals surface area contributed by atoms with Gasteiger partial charge in [-0.05, 0) is 30.3 Å². The molecule has 0 atom stereocenters. The average Bonchev–Trinajstić information content (AvgIpc) is 2.58. The van der Waals surface area contributed by atoms with E-state index in [2.05, 4.69) is 15.3 Å². The molecule has 0 aliphatic rings. The van der Waals surface area contributed by atoms with Crippen molar-refractivity contribution >= 4 is 11.7 Å². The van der Waals surface area contributed by atoms with Crippen LogP contribution in [0, 0.1) is 0 Å². The van der Waals surface area contributed by atoms with Crippen molar-refractivity contribution in [1.29, 1.82) is 0 Å². The maximum Gasteiger partial charge on any atom is 0.258 e. The minimum Gasteiger partial charge on any atom is -0.497 e. The normalized spacial score (nSPS) is 10.0. The number of anilines is 1. The largest absolute Gasteiger partial charge is 0.497 e. The van der Waals surface area contributed by atoms with E-state index in [1.807, 2.05) is 19.0 Å². The Morgan fingerprint density at radius 3 is 2.52 bits per heavy atom. The molecule has 0 bridgehead atoms. The SMILES string of the molecule is COc1ccc(OCC(=O)NCc2nccc(N(C)C)n2)cc1. The summed E-state index contributed by atoms with van der Waals surface area (Å²) in [5, 5.41) is 2.73. The predicted molar refractivity (Wildman–Crippen MR) is 86.7 cm³/mol. The minimum atomic E-state index is -0.236. The minimum absolute atomic E-state index is 0.0697. The van der Waals surface area contributed by atoms with E-state index in [0.717, 1.165) is 11.6 Å². The molecule has 122 valence electrons. The Balaban J connectivity index is 1.79. The summed E-state index contributed by atoms with van der Waals surface area (Å²) in [7, 11) is 5.39. The summed E-state index contributed by atoms with van der Waals surface area (Å²) in [5.41, 5.74) is 0. The highest BCUT2D eigenvalue weighted by molar-refractivity contribution is 5.77. The van der Waals surface area contributed by atoms with Gasteiger partial charge in [-0.15, -0.1) is 0 Å². The number of carbonyl (C=O) groups excluding carboxylic acids is 1. The summed E-state index contributed by atoms with van der Waals surface area (Å²) in [5.74, 6) is 2.44. The smallest absolute Gasteiger partial charge is 0.258 e. The van der Waals surface area contributed by atoms with Crippen LogP contribution in [-0.4, -0.2) is 43.7 Å². The number of hydrogen-bond acceptors (Lipinski definition) is 6. The summed E-state index contributed by atoms with van der Waals surface area (Å²) in [6.07, 6.45) is 1.66.